The van der Waals surface area contributed by atoms with Gasteiger partial charge in [-0.2, -0.15) is 5.26 Å². The van der Waals surface area contributed by atoms with Crippen molar-refractivity contribution in [3.05, 3.63) is 54.1 Å². The Morgan fingerprint density at radius 1 is 1.21 bits per heavy atom. The topological polar surface area (TPSA) is 99.2 Å². The van der Waals surface area contributed by atoms with Crippen molar-refractivity contribution in [2.75, 3.05) is 11.9 Å². The molecule has 0 bridgehead atoms. The molecule has 3 rings (SSSR count). The summed E-state index contributed by atoms with van der Waals surface area (Å²) in [5.74, 6) is -0.452. The molecular weight excluding hydrogens is 364 g/mol. The monoisotopic (exact) mass is 390 g/mol. The molecule has 1 aliphatic rings. The fraction of sp³-hybridized carbons (Fsp3) is 0.348. The van der Waals surface area contributed by atoms with Gasteiger partial charge in [-0.05, 0) is 41.7 Å². The molecule has 6 nitrogen and oxygen atoms in total. The third kappa shape index (κ3) is 5.21. The van der Waals surface area contributed by atoms with E-state index in [1.807, 2.05) is 53.4 Å². The van der Waals surface area contributed by atoms with E-state index in [0.717, 1.165) is 48.2 Å². The summed E-state index contributed by atoms with van der Waals surface area (Å²) in [7, 11) is 0. The summed E-state index contributed by atoms with van der Waals surface area (Å²) >= 11 is 0. The molecule has 1 unspecified atom stereocenters. The van der Waals surface area contributed by atoms with Crippen LogP contribution in [0.25, 0.3) is 11.1 Å². The van der Waals surface area contributed by atoms with Crippen LogP contribution >= 0.6 is 0 Å². The van der Waals surface area contributed by atoms with E-state index in [1.165, 1.54) is 6.92 Å². The molecule has 29 heavy (non-hydrogen) atoms. The smallest absolute Gasteiger partial charge is 0.234 e. The number of hydrogen-bond acceptors (Lipinski definition) is 4. The number of piperidine rings is 1. The van der Waals surface area contributed by atoms with Crippen LogP contribution in [0.5, 0.6) is 0 Å². The molecule has 1 fully saturated rings. The van der Waals surface area contributed by atoms with Crippen LogP contribution in [0.2, 0.25) is 0 Å². The van der Waals surface area contributed by atoms with Crippen LogP contribution in [-0.2, 0) is 16.0 Å². The first kappa shape index (κ1) is 20.6. The van der Waals surface area contributed by atoms with Gasteiger partial charge < -0.3 is 11.1 Å². The van der Waals surface area contributed by atoms with E-state index in [0.29, 0.717) is 6.42 Å². The zero-order valence-electron chi connectivity index (χ0n) is 16.6. The number of nitriles is 1. The SMILES string of the molecule is CC(=O)Nc1cccc(-c2ccc(C[C@@H](C#N)N3CCCCC3C(N)=O)cc2)c1. The Morgan fingerprint density at radius 3 is 2.62 bits per heavy atom. The highest BCUT2D eigenvalue weighted by Crippen LogP contribution is 2.25. The summed E-state index contributed by atoms with van der Waals surface area (Å²) in [5, 5.41) is 12.5. The number of carbonyl (C=O) groups excluding carboxylic acids is 2. The molecule has 1 saturated heterocycles. The maximum atomic E-state index is 11.8. The standard InChI is InChI=1S/C23H26N4O2/c1-16(28)26-20-6-4-5-19(14-20)18-10-8-17(9-11-18)13-21(15-24)27-12-3-2-7-22(27)23(25)29/h4-6,8-11,14,21-22H,2-3,7,12-13H2,1H3,(H2,25,29)(H,26,28)/t21-,22?/m0/s1. The fourth-order valence-electron chi connectivity index (χ4n) is 3.91. The van der Waals surface area contributed by atoms with Crippen molar-refractivity contribution in [1.29, 1.82) is 5.26 Å². The molecule has 0 saturated carbocycles. The van der Waals surface area contributed by atoms with Crippen molar-refractivity contribution in [2.24, 2.45) is 5.73 Å². The van der Waals surface area contributed by atoms with Gasteiger partial charge in [0, 0.05) is 25.6 Å². The molecule has 2 aromatic rings. The van der Waals surface area contributed by atoms with Crippen molar-refractivity contribution in [2.45, 2.75) is 44.7 Å². The Bertz CT molecular complexity index is 917. The normalized spacial score (nSPS) is 17.9. The number of carbonyl (C=O) groups is 2. The Balaban J connectivity index is 1.73. The summed E-state index contributed by atoms with van der Waals surface area (Å²) in [6.45, 7) is 2.21. The average molecular weight is 390 g/mol. The molecule has 1 heterocycles. The minimum Gasteiger partial charge on any atom is -0.368 e. The van der Waals surface area contributed by atoms with Crippen LogP contribution in [0.1, 0.15) is 31.7 Å². The lowest BCUT2D eigenvalue weighted by atomic mass is 9.95. The zero-order valence-corrected chi connectivity index (χ0v) is 16.6. The highest BCUT2D eigenvalue weighted by atomic mass is 16.2. The van der Waals surface area contributed by atoms with Gasteiger partial charge in [0.15, 0.2) is 0 Å². The second-order valence-corrected chi connectivity index (χ2v) is 7.46. The number of hydrogen-bond donors (Lipinski definition) is 2. The van der Waals surface area contributed by atoms with Crippen molar-refractivity contribution in [3.63, 3.8) is 0 Å². The van der Waals surface area contributed by atoms with Crippen LogP contribution in [0, 0.1) is 11.3 Å². The first-order valence-corrected chi connectivity index (χ1v) is 9.89. The second kappa shape index (κ2) is 9.35. The summed E-state index contributed by atoms with van der Waals surface area (Å²) < 4.78 is 0. The van der Waals surface area contributed by atoms with Crippen LogP contribution in [0.15, 0.2) is 48.5 Å². The first-order valence-electron chi connectivity index (χ1n) is 9.89. The second-order valence-electron chi connectivity index (χ2n) is 7.46. The molecule has 6 heteroatoms. The largest absolute Gasteiger partial charge is 0.368 e. The maximum Gasteiger partial charge on any atom is 0.234 e. The predicted molar refractivity (Wildman–Crippen MR) is 113 cm³/mol. The van der Waals surface area contributed by atoms with Crippen LogP contribution in [0.3, 0.4) is 0 Å². The third-order valence-electron chi connectivity index (χ3n) is 5.32. The van der Waals surface area contributed by atoms with Gasteiger partial charge in [-0.1, -0.05) is 42.8 Å². The van der Waals surface area contributed by atoms with Crippen molar-refractivity contribution in [1.82, 2.24) is 4.90 Å². The number of rotatable bonds is 6. The summed E-state index contributed by atoms with van der Waals surface area (Å²) in [5.41, 5.74) is 9.38. The van der Waals surface area contributed by atoms with Gasteiger partial charge in [-0.25, -0.2) is 0 Å². The van der Waals surface area contributed by atoms with E-state index in [1.54, 1.807) is 0 Å². The van der Waals surface area contributed by atoms with E-state index >= 15 is 0 Å². The van der Waals surface area contributed by atoms with Gasteiger partial charge in [0.05, 0.1) is 12.1 Å². The molecule has 0 aliphatic carbocycles. The number of nitrogens with two attached hydrogens (primary N) is 1. The van der Waals surface area contributed by atoms with Gasteiger partial charge in [0.1, 0.15) is 6.04 Å². The highest BCUT2D eigenvalue weighted by Gasteiger charge is 2.32. The third-order valence-corrected chi connectivity index (χ3v) is 5.32. The molecule has 1 aliphatic heterocycles. The zero-order chi connectivity index (χ0) is 20.8. The molecule has 0 spiro atoms. The number of nitrogens with one attached hydrogen (secondary N) is 1. The van der Waals surface area contributed by atoms with E-state index in [2.05, 4.69) is 11.4 Å². The predicted octanol–water partition coefficient (Wildman–Crippen LogP) is 3.09. The number of nitrogens with zero attached hydrogens (tertiary/aromatic N) is 2. The van der Waals surface area contributed by atoms with Crippen molar-refractivity contribution >= 4 is 17.5 Å². The lowest BCUT2D eigenvalue weighted by molar-refractivity contribution is -0.125. The molecule has 0 radical (unpaired) electrons. The number of anilines is 1. The van der Waals surface area contributed by atoms with Gasteiger partial charge in [-0.15, -0.1) is 0 Å². The lowest BCUT2D eigenvalue weighted by Gasteiger charge is -2.36. The minimum absolute atomic E-state index is 0.105. The van der Waals surface area contributed by atoms with Crippen molar-refractivity contribution < 1.29 is 9.59 Å². The summed E-state index contributed by atoms with van der Waals surface area (Å²) in [6.07, 6.45) is 3.21. The Hall–Kier alpha value is -3.17. The van der Waals surface area contributed by atoms with Crippen LogP contribution in [0.4, 0.5) is 5.69 Å². The fourth-order valence-corrected chi connectivity index (χ4v) is 3.91. The maximum absolute atomic E-state index is 11.8. The average Bonchev–Trinajstić information content (AvgIpc) is 2.72. The Morgan fingerprint density at radius 2 is 1.97 bits per heavy atom. The molecule has 2 amide bonds. The van der Waals surface area contributed by atoms with Crippen molar-refractivity contribution in [3.8, 4) is 17.2 Å². The lowest BCUT2D eigenvalue weighted by Crippen LogP contribution is -2.52. The molecular formula is C23H26N4O2. The number of benzene rings is 2. The van der Waals surface area contributed by atoms with Crippen LogP contribution in [-0.4, -0.2) is 35.3 Å². The summed E-state index contributed by atoms with van der Waals surface area (Å²) in [6, 6.07) is 17.3. The number of amides is 2. The Labute approximate surface area is 171 Å². The Kier molecular flexibility index (Phi) is 6.63. The first-order chi connectivity index (χ1) is 14.0. The van der Waals surface area contributed by atoms with E-state index in [9.17, 15) is 14.9 Å². The molecule has 2 aromatic carbocycles. The molecule has 3 N–H and O–H groups in total. The molecule has 0 aromatic heterocycles. The van der Waals surface area contributed by atoms with E-state index in [4.69, 9.17) is 5.73 Å². The minimum atomic E-state index is -0.373. The number of likely N-dealkylation sites (tertiary alicyclic amines) is 1. The molecule has 150 valence electrons. The van der Waals surface area contributed by atoms with Gasteiger partial charge in [-0.3, -0.25) is 14.5 Å². The summed E-state index contributed by atoms with van der Waals surface area (Å²) in [4.78, 5) is 25.0. The molecule has 2 atom stereocenters. The van der Waals surface area contributed by atoms with Gasteiger partial charge in [0.2, 0.25) is 11.8 Å². The number of primary amides is 1. The van der Waals surface area contributed by atoms with E-state index < -0.39 is 0 Å². The highest BCUT2D eigenvalue weighted by molar-refractivity contribution is 5.89. The van der Waals surface area contributed by atoms with E-state index in [-0.39, 0.29) is 23.9 Å². The quantitative estimate of drug-likeness (QED) is 0.792. The van der Waals surface area contributed by atoms with Crippen LogP contribution < -0.4 is 11.1 Å². The van der Waals surface area contributed by atoms with Gasteiger partial charge in [0.25, 0.3) is 0 Å². The van der Waals surface area contributed by atoms with Gasteiger partial charge >= 0.3 is 0 Å².